The van der Waals surface area contributed by atoms with Crippen molar-refractivity contribution in [2.24, 2.45) is 0 Å². The predicted octanol–water partition coefficient (Wildman–Crippen LogP) is 3.53. The standard InChI is InChI=1S/C21H26N2O6/c1-6-18(24)23-15-11-14(22)19(25)20(28-4)13(15)8-7-12-9-16(26-2)21(29-5)17(10-12)27-3/h7-11,25H,6,22H2,1-5H3,(H,23,24)/b8-7-. The number of phenols is 1. The summed E-state index contributed by atoms with van der Waals surface area (Å²) >= 11 is 0. The maximum absolute atomic E-state index is 11.9. The van der Waals surface area contributed by atoms with Gasteiger partial charge in [0.25, 0.3) is 0 Å². The lowest BCUT2D eigenvalue weighted by atomic mass is 10.1. The van der Waals surface area contributed by atoms with Gasteiger partial charge in [-0.1, -0.05) is 13.0 Å². The minimum atomic E-state index is -0.202. The maximum Gasteiger partial charge on any atom is 0.224 e. The number of nitrogens with two attached hydrogens (primary N) is 1. The SMILES string of the molecule is CCC(=O)Nc1cc(N)c(O)c(OC)c1/C=C\c1cc(OC)c(OC)c(OC)c1. The average Bonchev–Trinajstić information content (AvgIpc) is 2.73. The lowest BCUT2D eigenvalue weighted by molar-refractivity contribution is -0.115. The van der Waals surface area contributed by atoms with Crippen molar-refractivity contribution < 1.29 is 28.8 Å². The fourth-order valence-corrected chi connectivity index (χ4v) is 2.77. The number of rotatable bonds is 8. The Labute approximate surface area is 169 Å². The third-order valence-corrected chi connectivity index (χ3v) is 4.25. The van der Waals surface area contributed by atoms with Gasteiger partial charge in [-0.2, -0.15) is 0 Å². The molecule has 0 radical (unpaired) electrons. The van der Waals surface area contributed by atoms with Gasteiger partial charge in [-0.3, -0.25) is 4.79 Å². The first-order valence-electron chi connectivity index (χ1n) is 8.87. The molecule has 0 aliphatic rings. The molecular formula is C21H26N2O6. The average molecular weight is 402 g/mol. The van der Waals surface area contributed by atoms with Gasteiger partial charge in [-0.15, -0.1) is 0 Å². The zero-order chi connectivity index (χ0) is 21.6. The Hall–Kier alpha value is -3.55. The van der Waals surface area contributed by atoms with Crippen molar-refractivity contribution in [2.75, 3.05) is 39.5 Å². The van der Waals surface area contributed by atoms with E-state index in [1.807, 2.05) is 0 Å². The van der Waals surface area contributed by atoms with E-state index in [1.165, 1.54) is 34.5 Å². The van der Waals surface area contributed by atoms with Crippen LogP contribution < -0.4 is 30.0 Å². The Morgan fingerprint density at radius 3 is 2.07 bits per heavy atom. The lowest BCUT2D eigenvalue weighted by Gasteiger charge is -2.16. The van der Waals surface area contributed by atoms with Crippen LogP contribution in [0.1, 0.15) is 24.5 Å². The molecule has 8 heteroatoms. The Bertz CT molecular complexity index is 899. The first-order valence-corrected chi connectivity index (χ1v) is 8.87. The first-order chi connectivity index (χ1) is 13.9. The van der Waals surface area contributed by atoms with Crippen molar-refractivity contribution in [3.8, 4) is 28.7 Å². The van der Waals surface area contributed by atoms with Crippen LogP contribution in [0.2, 0.25) is 0 Å². The molecule has 4 N–H and O–H groups in total. The Morgan fingerprint density at radius 2 is 1.59 bits per heavy atom. The number of carbonyl (C=O) groups is 1. The van der Waals surface area contributed by atoms with Crippen molar-refractivity contribution in [1.29, 1.82) is 0 Å². The van der Waals surface area contributed by atoms with Gasteiger partial charge in [-0.05, 0) is 29.8 Å². The van der Waals surface area contributed by atoms with Crippen LogP contribution in [-0.4, -0.2) is 39.5 Å². The number of benzene rings is 2. The summed E-state index contributed by atoms with van der Waals surface area (Å²) < 4.78 is 21.4. The Kier molecular flexibility index (Phi) is 7.19. The highest BCUT2D eigenvalue weighted by Gasteiger charge is 2.17. The largest absolute Gasteiger partial charge is 0.503 e. The van der Waals surface area contributed by atoms with Crippen LogP contribution >= 0.6 is 0 Å². The molecule has 8 nitrogen and oxygen atoms in total. The number of anilines is 2. The molecule has 1 amide bonds. The zero-order valence-corrected chi connectivity index (χ0v) is 17.2. The number of hydrogen-bond donors (Lipinski definition) is 3. The summed E-state index contributed by atoms with van der Waals surface area (Å²) in [6.07, 6.45) is 3.75. The van der Waals surface area contributed by atoms with Gasteiger partial charge in [0.05, 0.1) is 39.8 Å². The highest BCUT2D eigenvalue weighted by molar-refractivity contribution is 5.96. The third-order valence-electron chi connectivity index (χ3n) is 4.25. The second kappa shape index (κ2) is 9.59. The molecule has 2 rings (SSSR count). The normalized spacial score (nSPS) is 10.7. The van der Waals surface area contributed by atoms with Gasteiger partial charge in [0, 0.05) is 12.0 Å². The summed E-state index contributed by atoms with van der Waals surface area (Å²) in [6.45, 7) is 1.74. The number of nitrogen functional groups attached to an aromatic ring is 1. The molecule has 0 heterocycles. The van der Waals surface area contributed by atoms with E-state index in [-0.39, 0.29) is 23.1 Å². The van der Waals surface area contributed by atoms with E-state index in [4.69, 9.17) is 24.7 Å². The number of phenolic OH excluding ortho intramolecular Hbond substituents is 1. The molecule has 29 heavy (non-hydrogen) atoms. The number of nitrogens with one attached hydrogen (secondary N) is 1. The van der Waals surface area contributed by atoms with E-state index in [9.17, 15) is 9.90 Å². The van der Waals surface area contributed by atoms with Crippen molar-refractivity contribution in [3.63, 3.8) is 0 Å². The fourth-order valence-electron chi connectivity index (χ4n) is 2.77. The summed E-state index contributed by atoms with van der Waals surface area (Å²) in [5, 5.41) is 13.0. The van der Waals surface area contributed by atoms with Crippen molar-refractivity contribution in [3.05, 3.63) is 29.3 Å². The lowest BCUT2D eigenvalue weighted by Crippen LogP contribution is -2.11. The van der Waals surface area contributed by atoms with Crippen LogP contribution in [0.15, 0.2) is 18.2 Å². The smallest absolute Gasteiger partial charge is 0.224 e. The van der Waals surface area contributed by atoms with Crippen LogP contribution in [0, 0.1) is 0 Å². The van der Waals surface area contributed by atoms with E-state index < -0.39 is 0 Å². The number of methoxy groups -OCH3 is 4. The fraction of sp³-hybridized carbons (Fsp3) is 0.286. The second-order valence-electron chi connectivity index (χ2n) is 6.00. The van der Waals surface area contributed by atoms with E-state index in [2.05, 4.69) is 5.32 Å². The highest BCUT2D eigenvalue weighted by Crippen LogP contribution is 2.42. The van der Waals surface area contributed by atoms with Crippen molar-refractivity contribution in [1.82, 2.24) is 0 Å². The Balaban J connectivity index is 2.59. The van der Waals surface area contributed by atoms with Gasteiger partial charge in [0.1, 0.15) is 0 Å². The van der Waals surface area contributed by atoms with Gasteiger partial charge in [0.15, 0.2) is 23.0 Å². The number of ether oxygens (including phenoxy) is 4. The molecule has 0 fully saturated rings. The van der Waals surface area contributed by atoms with Crippen molar-refractivity contribution >= 4 is 29.4 Å². The van der Waals surface area contributed by atoms with E-state index in [1.54, 1.807) is 31.2 Å². The molecule has 0 unspecified atom stereocenters. The molecule has 0 aliphatic heterocycles. The van der Waals surface area contributed by atoms with E-state index in [0.29, 0.717) is 34.9 Å². The molecule has 2 aromatic rings. The molecule has 0 spiro atoms. The van der Waals surface area contributed by atoms with Crippen LogP contribution in [0.3, 0.4) is 0 Å². The van der Waals surface area contributed by atoms with Crippen LogP contribution in [0.25, 0.3) is 12.2 Å². The zero-order valence-electron chi connectivity index (χ0n) is 17.2. The molecular weight excluding hydrogens is 376 g/mol. The molecule has 2 aromatic carbocycles. The monoisotopic (exact) mass is 402 g/mol. The first kappa shape index (κ1) is 21.7. The summed E-state index contributed by atoms with van der Waals surface area (Å²) in [4.78, 5) is 11.9. The topological polar surface area (TPSA) is 112 Å². The predicted molar refractivity (Wildman–Crippen MR) is 113 cm³/mol. The number of aromatic hydroxyl groups is 1. The summed E-state index contributed by atoms with van der Waals surface area (Å²) in [6, 6.07) is 5.03. The summed E-state index contributed by atoms with van der Waals surface area (Å²) in [7, 11) is 6.01. The van der Waals surface area contributed by atoms with Crippen molar-refractivity contribution in [2.45, 2.75) is 13.3 Å². The molecule has 0 aromatic heterocycles. The second-order valence-corrected chi connectivity index (χ2v) is 6.00. The maximum atomic E-state index is 11.9. The highest BCUT2D eigenvalue weighted by atomic mass is 16.5. The van der Waals surface area contributed by atoms with Gasteiger partial charge in [0.2, 0.25) is 11.7 Å². The number of amides is 1. The van der Waals surface area contributed by atoms with Crippen LogP contribution in [0.5, 0.6) is 28.7 Å². The Morgan fingerprint density at radius 1 is 1.00 bits per heavy atom. The van der Waals surface area contributed by atoms with E-state index >= 15 is 0 Å². The molecule has 0 bridgehead atoms. The third kappa shape index (κ3) is 4.66. The van der Waals surface area contributed by atoms with Gasteiger partial charge < -0.3 is 35.1 Å². The van der Waals surface area contributed by atoms with Gasteiger partial charge in [-0.25, -0.2) is 0 Å². The number of carbonyl (C=O) groups excluding carboxylic acids is 1. The van der Waals surface area contributed by atoms with Crippen LogP contribution in [0.4, 0.5) is 11.4 Å². The molecule has 0 atom stereocenters. The minimum absolute atomic E-state index is 0.0955. The van der Waals surface area contributed by atoms with E-state index in [0.717, 1.165) is 5.56 Å². The minimum Gasteiger partial charge on any atom is -0.503 e. The molecule has 0 saturated heterocycles. The summed E-state index contributed by atoms with van der Waals surface area (Å²) in [5.41, 5.74) is 7.57. The van der Waals surface area contributed by atoms with Gasteiger partial charge >= 0.3 is 0 Å². The molecule has 0 aliphatic carbocycles. The molecule has 0 saturated carbocycles. The quantitative estimate of drug-likeness (QED) is 0.268. The summed E-state index contributed by atoms with van der Waals surface area (Å²) in [5.74, 6) is 1.23. The van der Waals surface area contributed by atoms with Crippen LogP contribution in [-0.2, 0) is 4.79 Å². The number of hydrogen-bond acceptors (Lipinski definition) is 7. The molecule has 156 valence electrons.